The minimum atomic E-state index is -0.529. The van der Waals surface area contributed by atoms with Gasteiger partial charge in [0.15, 0.2) is 6.61 Å². The number of thiophene rings is 1. The van der Waals surface area contributed by atoms with Crippen LogP contribution in [-0.4, -0.2) is 25.0 Å². The highest BCUT2D eigenvalue weighted by Crippen LogP contribution is 2.26. The highest BCUT2D eigenvalue weighted by atomic mass is 79.9. The maximum atomic E-state index is 12.0. The summed E-state index contributed by atoms with van der Waals surface area (Å²) in [6.07, 6.45) is 1.73. The fourth-order valence-corrected chi connectivity index (χ4v) is 3.30. The van der Waals surface area contributed by atoms with Crippen molar-refractivity contribution in [2.45, 2.75) is 0 Å². The molecular formula is C16H11BrO4S. The molecule has 0 amide bonds. The van der Waals surface area contributed by atoms with Gasteiger partial charge in [0.2, 0.25) is 5.78 Å². The van der Waals surface area contributed by atoms with E-state index in [2.05, 4.69) is 15.9 Å². The van der Waals surface area contributed by atoms with E-state index in [-0.39, 0.29) is 19.0 Å². The molecule has 112 valence electrons. The normalized spacial score (nSPS) is 12.9. The van der Waals surface area contributed by atoms with Crippen molar-refractivity contribution in [2.24, 2.45) is 0 Å². The number of carbonyl (C=O) groups is 2. The van der Waals surface area contributed by atoms with Crippen LogP contribution in [0.25, 0.3) is 6.08 Å². The number of carbonyl (C=O) groups excluding carboxylic acids is 2. The number of hydrogen-bond donors (Lipinski definition) is 0. The third-order valence-electron chi connectivity index (χ3n) is 3.08. The van der Waals surface area contributed by atoms with E-state index in [1.165, 1.54) is 11.3 Å². The van der Waals surface area contributed by atoms with E-state index < -0.39 is 5.97 Å². The molecule has 0 saturated heterocycles. The number of rotatable bonds is 4. The van der Waals surface area contributed by atoms with Gasteiger partial charge in [0.25, 0.3) is 0 Å². The van der Waals surface area contributed by atoms with Crippen LogP contribution in [0, 0.1) is 0 Å². The van der Waals surface area contributed by atoms with Crippen LogP contribution in [0.15, 0.2) is 45.8 Å². The number of ketones is 1. The number of benzene rings is 1. The molecule has 0 bridgehead atoms. The molecule has 1 aliphatic heterocycles. The number of fused-ring (bicyclic) bond motifs is 1. The second kappa shape index (κ2) is 6.46. The lowest BCUT2D eigenvalue weighted by Crippen LogP contribution is -2.20. The van der Waals surface area contributed by atoms with Gasteiger partial charge in [-0.15, -0.1) is 11.3 Å². The van der Waals surface area contributed by atoms with Gasteiger partial charge in [0.05, 0.1) is 14.2 Å². The Hall–Kier alpha value is -1.92. The summed E-state index contributed by atoms with van der Waals surface area (Å²) >= 11 is 4.60. The van der Waals surface area contributed by atoms with Gasteiger partial charge in [-0.25, -0.2) is 4.79 Å². The Morgan fingerprint density at radius 3 is 2.82 bits per heavy atom. The molecule has 0 unspecified atom stereocenters. The summed E-state index contributed by atoms with van der Waals surface area (Å²) in [5, 5.41) is 0. The summed E-state index contributed by atoms with van der Waals surface area (Å²) in [5.74, 6) is -0.0150. The van der Waals surface area contributed by atoms with Gasteiger partial charge in [-0.05, 0) is 40.2 Å². The van der Waals surface area contributed by atoms with Gasteiger partial charge in [-0.1, -0.05) is 18.2 Å². The van der Waals surface area contributed by atoms with Gasteiger partial charge in [0, 0.05) is 5.56 Å². The van der Waals surface area contributed by atoms with Gasteiger partial charge in [-0.3, -0.25) is 4.79 Å². The number of halogens is 1. The fourth-order valence-electron chi connectivity index (χ4n) is 1.99. The third kappa shape index (κ3) is 3.28. The van der Waals surface area contributed by atoms with Crippen molar-refractivity contribution in [3.05, 3.63) is 56.2 Å². The summed E-state index contributed by atoms with van der Waals surface area (Å²) < 4.78 is 11.4. The Morgan fingerprint density at radius 1 is 1.23 bits per heavy atom. The molecular weight excluding hydrogens is 368 g/mol. The standard InChI is InChI=1S/C16H11BrO4S/c17-15-6-5-14(22-15)12(18)9-21-16(19)11-7-10-3-1-2-4-13(10)20-8-11/h1-7H,8-9H2. The lowest BCUT2D eigenvalue weighted by molar-refractivity contribution is -0.138. The van der Waals surface area contributed by atoms with Crippen molar-refractivity contribution in [1.29, 1.82) is 0 Å². The lowest BCUT2D eigenvalue weighted by Gasteiger charge is -2.16. The largest absolute Gasteiger partial charge is 0.488 e. The number of Topliss-reactive ketones (excluding diaryl/α,β-unsaturated/α-hetero) is 1. The molecule has 1 aliphatic rings. The van der Waals surface area contributed by atoms with Gasteiger partial charge in [0.1, 0.15) is 12.4 Å². The molecule has 0 N–H and O–H groups in total. The Labute approximate surface area is 139 Å². The number of para-hydroxylation sites is 1. The molecule has 22 heavy (non-hydrogen) atoms. The van der Waals surface area contributed by atoms with Gasteiger partial charge >= 0.3 is 5.97 Å². The molecule has 0 radical (unpaired) electrons. The second-order valence-electron chi connectivity index (χ2n) is 4.60. The lowest BCUT2D eigenvalue weighted by atomic mass is 10.1. The average Bonchev–Trinajstić information content (AvgIpc) is 2.98. The molecule has 2 aromatic rings. The molecule has 0 atom stereocenters. The molecule has 6 heteroatoms. The highest BCUT2D eigenvalue weighted by molar-refractivity contribution is 9.11. The molecule has 0 saturated carbocycles. The Morgan fingerprint density at radius 2 is 2.05 bits per heavy atom. The van der Waals surface area contributed by atoms with Crippen LogP contribution in [0.4, 0.5) is 0 Å². The fraction of sp³-hybridized carbons (Fsp3) is 0.125. The van der Waals surface area contributed by atoms with Crippen LogP contribution in [0.3, 0.4) is 0 Å². The molecule has 0 fully saturated rings. The van der Waals surface area contributed by atoms with Gasteiger partial charge < -0.3 is 9.47 Å². The smallest absolute Gasteiger partial charge is 0.337 e. The maximum absolute atomic E-state index is 12.0. The first kappa shape index (κ1) is 15.0. The molecule has 3 rings (SSSR count). The van der Waals surface area contributed by atoms with Crippen molar-refractivity contribution in [2.75, 3.05) is 13.2 Å². The Balaban J connectivity index is 1.63. The van der Waals surface area contributed by atoms with Crippen LogP contribution < -0.4 is 4.74 Å². The number of ether oxygens (including phenoxy) is 2. The van der Waals surface area contributed by atoms with Crippen LogP contribution in [-0.2, 0) is 9.53 Å². The summed E-state index contributed by atoms with van der Waals surface area (Å²) in [6, 6.07) is 10.9. The summed E-state index contributed by atoms with van der Waals surface area (Å²) in [4.78, 5) is 24.5. The van der Waals surface area contributed by atoms with E-state index in [1.807, 2.05) is 24.3 Å². The topological polar surface area (TPSA) is 52.6 Å². The molecule has 4 nitrogen and oxygen atoms in total. The predicted molar refractivity (Wildman–Crippen MR) is 87.2 cm³/mol. The highest BCUT2D eigenvalue weighted by Gasteiger charge is 2.19. The SMILES string of the molecule is O=C(OCC(=O)c1ccc(Br)s1)C1=Cc2ccccc2OC1. The first-order chi connectivity index (χ1) is 10.6. The van der Waals surface area contributed by atoms with E-state index in [0.717, 1.165) is 15.1 Å². The zero-order valence-corrected chi connectivity index (χ0v) is 13.8. The third-order valence-corrected chi connectivity index (χ3v) is 4.74. The van der Waals surface area contributed by atoms with Gasteiger partial charge in [-0.2, -0.15) is 0 Å². The van der Waals surface area contributed by atoms with Crippen LogP contribution in [0.1, 0.15) is 15.2 Å². The molecule has 1 aromatic carbocycles. The first-order valence-corrected chi connectivity index (χ1v) is 8.12. The van der Waals surface area contributed by atoms with Crippen LogP contribution in [0.5, 0.6) is 5.75 Å². The number of hydrogen-bond acceptors (Lipinski definition) is 5. The van der Waals surface area contributed by atoms with Crippen molar-refractivity contribution < 1.29 is 19.1 Å². The van der Waals surface area contributed by atoms with E-state index >= 15 is 0 Å². The molecule has 1 aromatic heterocycles. The predicted octanol–water partition coefficient (Wildman–Crippen LogP) is 3.71. The van der Waals surface area contributed by atoms with Crippen LogP contribution in [0.2, 0.25) is 0 Å². The van der Waals surface area contributed by atoms with E-state index in [1.54, 1.807) is 18.2 Å². The molecule has 0 aliphatic carbocycles. The van der Waals surface area contributed by atoms with E-state index in [4.69, 9.17) is 9.47 Å². The average molecular weight is 379 g/mol. The van der Waals surface area contributed by atoms with E-state index in [9.17, 15) is 9.59 Å². The maximum Gasteiger partial charge on any atom is 0.337 e. The minimum Gasteiger partial charge on any atom is -0.488 e. The van der Waals surface area contributed by atoms with Crippen molar-refractivity contribution >= 4 is 45.1 Å². The Kier molecular flexibility index (Phi) is 4.40. The summed E-state index contributed by atoms with van der Waals surface area (Å²) in [5.41, 5.74) is 1.23. The quantitative estimate of drug-likeness (QED) is 0.600. The second-order valence-corrected chi connectivity index (χ2v) is 7.06. The zero-order chi connectivity index (χ0) is 15.5. The number of esters is 1. The van der Waals surface area contributed by atoms with Crippen molar-refractivity contribution in [1.82, 2.24) is 0 Å². The minimum absolute atomic E-state index is 0.147. The zero-order valence-electron chi connectivity index (χ0n) is 11.4. The molecule has 0 spiro atoms. The molecule has 2 heterocycles. The van der Waals surface area contributed by atoms with Crippen molar-refractivity contribution in [3.63, 3.8) is 0 Å². The monoisotopic (exact) mass is 378 g/mol. The van der Waals surface area contributed by atoms with Crippen molar-refractivity contribution in [3.8, 4) is 5.75 Å². The van der Waals surface area contributed by atoms with E-state index in [0.29, 0.717) is 10.5 Å². The van der Waals surface area contributed by atoms with Crippen LogP contribution >= 0.6 is 27.3 Å². The summed E-state index contributed by atoms with van der Waals surface area (Å²) in [7, 11) is 0. The first-order valence-electron chi connectivity index (χ1n) is 6.51. The summed E-state index contributed by atoms with van der Waals surface area (Å²) in [6.45, 7) is -0.126. The Bertz CT molecular complexity index is 763.